The summed E-state index contributed by atoms with van der Waals surface area (Å²) in [7, 11) is 4.35. The fraction of sp³-hybridized carbons (Fsp3) is 1.00. The molecule has 0 amide bonds. The molecule has 0 aromatic rings. The Morgan fingerprint density at radius 1 is 1.00 bits per heavy atom. The van der Waals surface area contributed by atoms with Crippen LogP contribution >= 0.6 is 0 Å². The van der Waals surface area contributed by atoms with Crippen LogP contribution in [-0.2, 0) is 0 Å². The van der Waals surface area contributed by atoms with Crippen molar-refractivity contribution in [2.45, 2.75) is 54.0 Å². The lowest BCUT2D eigenvalue weighted by Crippen LogP contribution is -2.39. The molecule has 0 heterocycles. The molecule has 2 unspecified atom stereocenters. The minimum Gasteiger partial charge on any atom is -0.306 e. The summed E-state index contributed by atoms with van der Waals surface area (Å²) >= 11 is 0. The molecule has 0 saturated carbocycles. The molecular formula is C13H29N. The van der Waals surface area contributed by atoms with Crippen LogP contribution < -0.4 is 0 Å². The van der Waals surface area contributed by atoms with Gasteiger partial charge < -0.3 is 4.90 Å². The summed E-state index contributed by atoms with van der Waals surface area (Å²) < 4.78 is 0. The van der Waals surface area contributed by atoms with Crippen LogP contribution in [0.15, 0.2) is 0 Å². The second kappa shape index (κ2) is 5.16. The molecule has 1 heteroatoms. The molecule has 2 atom stereocenters. The van der Waals surface area contributed by atoms with Gasteiger partial charge in [0, 0.05) is 6.04 Å². The van der Waals surface area contributed by atoms with Crippen LogP contribution in [0, 0.1) is 17.3 Å². The van der Waals surface area contributed by atoms with E-state index >= 15 is 0 Å². The Morgan fingerprint density at radius 3 is 1.71 bits per heavy atom. The molecule has 0 saturated heterocycles. The molecule has 0 rings (SSSR count). The summed E-state index contributed by atoms with van der Waals surface area (Å²) in [6.07, 6.45) is 1.31. The average Bonchev–Trinajstić information content (AvgIpc) is 1.99. The van der Waals surface area contributed by atoms with Gasteiger partial charge in [0.05, 0.1) is 0 Å². The lowest BCUT2D eigenvalue weighted by molar-refractivity contribution is 0.102. The molecule has 0 aliphatic carbocycles. The molecule has 0 radical (unpaired) electrons. The van der Waals surface area contributed by atoms with Gasteiger partial charge in [0.15, 0.2) is 0 Å². The summed E-state index contributed by atoms with van der Waals surface area (Å²) in [6, 6.07) is 0.656. The highest BCUT2D eigenvalue weighted by atomic mass is 15.1. The zero-order valence-electron chi connectivity index (χ0n) is 11.4. The van der Waals surface area contributed by atoms with Crippen LogP contribution in [0.3, 0.4) is 0 Å². The van der Waals surface area contributed by atoms with Gasteiger partial charge in [-0.25, -0.2) is 0 Å². The fourth-order valence-electron chi connectivity index (χ4n) is 2.34. The van der Waals surface area contributed by atoms with Crippen molar-refractivity contribution in [1.82, 2.24) is 4.90 Å². The summed E-state index contributed by atoms with van der Waals surface area (Å²) in [5.41, 5.74) is 0.442. The number of hydrogen-bond donors (Lipinski definition) is 0. The van der Waals surface area contributed by atoms with E-state index < -0.39 is 0 Å². The van der Waals surface area contributed by atoms with Crippen molar-refractivity contribution in [2.24, 2.45) is 17.3 Å². The third-order valence-electron chi connectivity index (χ3n) is 3.71. The molecule has 86 valence electrons. The van der Waals surface area contributed by atoms with Crippen LogP contribution in [0.5, 0.6) is 0 Å². The van der Waals surface area contributed by atoms with Crippen molar-refractivity contribution in [3.8, 4) is 0 Å². The first-order chi connectivity index (χ1) is 6.18. The van der Waals surface area contributed by atoms with Gasteiger partial charge in [-0.05, 0) is 44.7 Å². The van der Waals surface area contributed by atoms with E-state index in [1.165, 1.54) is 6.42 Å². The van der Waals surface area contributed by atoms with E-state index in [-0.39, 0.29) is 0 Å². The summed E-state index contributed by atoms with van der Waals surface area (Å²) in [6.45, 7) is 14.1. The van der Waals surface area contributed by atoms with E-state index in [1.54, 1.807) is 0 Å². The lowest BCUT2D eigenvalue weighted by atomic mass is 9.71. The largest absolute Gasteiger partial charge is 0.306 e. The molecule has 0 aromatic heterocycles. The van der Waals surface area contributed by atoms with E-state index in [1.807, 2.05) is 0 Å². The highest BCUT2D eigenvalue weighted by molar-refractivity contribution is 4.83. The number of hydrogen-bond acceptors (Lipinski definition) is 1. The normalized spacial score (nSPS) is 17.6. The Bertz CT molecular complexity index is 159. The molecule has 0 spiro atoms. The van der Waals surface area contributed by atoms with Crippen molar-refractivity contribution in [1.29, 1.82) is 0 Å². The van der Waals surface area contributed by atoms with Crippen LogP contribution in [0.4, 0.5) is 0 Å². The Labute approximate surface area is 90.9 Å². The zero-order chi connectivity index (χ0) is 11.5. The molecule has 0 aliphatic rings. The first-order valence-electron chi connectivity index (χ1n) is 5.85. The van der Waals surface area contributed by atoms with E-state index in [9.17, 15) is 0 Å². The smallest absolute Gasteiger partial charge is 0.00915 e. The molecule has 0 aromatic carbocycles. The monoisotopic (exact) mass is 199 g/mol. The van der Waals surface area contributed by atoms with Crippen molar-refractivity contribution >= 4 is 0 Å². The summed E-state index contributed by atoms with van der Waals surface area (Å²) in [5, 5.41) is 0. The molecule has 0 aliphatic heterocycles. The van der Waals surface area contributed by atoms with Gasteiger partial charge in [-0.3, -0.25) is 0 Å². The number of rotatable bonds is 5. The Morgan fingerprint density at radius 2 is 1.43 bits per heavy atom. The lowest BCUT2D eigenvalue weighted by Gasteiger charge is -2.39. The van der Waals surface area contributed by atoms with Crippen molar-refractivity contribution in [3.05, 3.63) is 0 Å². The topological polar surface area (TPSA) is 3.24 Å². The van der Waals surface area contributed by atoms with Gasteiger partial charge in [-0.15, -0.1) is 0 Å². The second-order valence-corrected chi connectivity index (χ2v) is 6.08. The Balaban J connectivity index is 4.40. The van der Waals surface area contributed by atoms with Crippen molar-refractivity contribution in [2.75, 3.05) is 14.1 Å². The maximum atomic E-state index is 2.40. The van der Waals surface area contributed by atoms with E-state index in [2.05, 4.69) is 60.5 Å². The zero-order valence-corrected chi connectivity index (χ0v) is 11.4. The quantitative estimate of drug-likeness (QED) is 0.653. The molecule has 0 N–H and O–H groups in total. The van der Waals surface area contributed by atoms with E-state index in [0.717, 1.165) is 11.8 Å². The third kappa shape index (κ3) is 4.00. The third-order valence-corrected chi connectivity index (χ3v) is 3.71. The highest BCUT2D eigenvalue weighted by Crippen LogP contribution is 2.36. The van der Waals surface area contributed by atoms with Crippen LogP contribution in [0.1, 0.15) is 48.0 Å². The first kappa shape index (κ1) is 14.0. The maximum absolute atomic E-state index is 2.40. The Hall–Kier alpha value is -0.0400. The fourth-order valence-corrected chi connectivity index (χ4v) is 2.34. The van der Waals surface area contributed by atoms with Crippen molar-refractivity contribution < 1.29 is 0 Å². The van der Waals surface area contributed by atoms with Gasteiger partial charge in [-0.2, -0.15) is 0 Å². The minimum atomic E-state index is 0.442. The van der Waals surface area contributed by atoms with Gasteiger partial charge in [0.1, 0.15) is 0 Å². The second-order valence-electron chi connectivity index (χ2n) is 6.08. The predicted octanol–water partition coefficient (Wildman–Crippen LogP) is 3.64. The van der Waals surface area contributed by atoms with Crippen LogP contribution in [0.2, 0.25) is 0 Å². The van der Waals surface area contributed by atoms with Crippen molar-refractivity contribution in [3.63, 3.8) is 0 Å². The molecule has 14 heavy (non-hydrogen) atoms. The van der Waals surface area contributed by atoms with Gasteiger partial charge in [-0.1, -0.05) is 34.6 Å². The first-order valence-corrected chi connectivity index (χ1v) is 5.85. The summed E-state index contributed by atoms with van der Waals surface area (Å²) in [5.74, 6) is 1.53. The van der Waals surface area contributed by atoms with Gasteiger partial charge in [0.2, 0.25) is 0 Å². The van der Waals surface area contributed by atoms with Crippen LogP contribution in [0.25, 0.3) is 0 Å². The molecule has 1 nitrogen and oxygen atoms in total. The molecule has 0 bridgehead atoms. The Kier molecular flexibility index (Phi) is 5.14. The van der Waals surface area contributed by atoms with Gasteiger partial charge >= 0.3 is 0 Å². The van der Waals surface area contributed by atoms with Crippen LogP contribution in [-0.4, -0.2) is 25.0 Å². The van der Waals surface area contributed by atoms with E-state index in [0.29, 0.717) is 11.5 Å². The summed E-state index contributed by atoms with van der Waals surface area (Å²) in [4.78, 5) is 2.33. The maximum Gasteiger partial charge on any atom is 0.00915 e. The SMILES string of the molecule is CC(C)CC(C)(C)C(C)C(C)N(C)C. The molecule has 0 fully saturated rings. The highest BCUT2D eigenvalue weighted by Gasteiger charge is 2.31. The van der Waals surface area contributed by atoms with Gasteiger partial charge in [0.25, 0.3) is 0 Å². The average molecular weight is 199 g/mol. The number of nitrogens with zero attached hydrogens (tertiary/aromatic N) is 1. The standard InChI is InChI=1S/C13H29N/c1-10(2)9-13(5,6)11(3)12(4)14(7)8/h10-12H,9H2,1-8H3. The van der Waals surface area contributed by atoms with E-state index in [4.69, 9.17) is 0 Å². The molecular weight excluding hydrogens is 170 g/mol. The predicted molar refractivity (Wildman–Crippen MR) is 65.5 cm³/mol. The minimum absolute atomic E-state index is 0.442.